The van der Waals surface area contributed by atoms with Crippen molar-refractivity contribution in [1.82, 2.24) is 0 Å². The molecule has 0 fully saturated rings. The second-order valence-electron chi connectivity index (χ2n) is 5.62. The van der Waals surface area contributed by atoms with Gasteiger partial charge in [-0.05, 0) is 50.4 Å². The number of fused-ring (bicyclic) bond motifs is 2. The van der Waals surface area contributed by atoms with E-state index in [-0.39, 0.29) is 22.5 Å². The molecule has 0 aliphatic carbocycles. The normalized spacial score (nSPS) is 11.3. The summed E-state index contributed by atoms with van der Waals surface area (Å²) in [4.78, 5) is 24.9. The zero-order valence-corrected chi connectivity index (χ0v) is 14.3. The van der Waals surface area contributed by atoms with E-state index in [1.807, 2.05) is 26.2 Å². The van der Waals surface area contributed by atoms with Crippen LogP contribution in [0.2, 0.25) is 0 Å². The molecule has 1 aromatic heterocycles. The molecule has 6 heteroatoms. The summed E-state index contributed by atoms with van der Waals surface area (Å²) in [5.41, 5.74) is 0.498. The van der Waals surface area contributed by atoms with Crippen molar-refractivity contribution in [2.45, 2.75) is 24.8 Å². The standard InChI is InChI=1S/C18H16O5S/c1-9(2)22-15-8-11(24-3)7-13-16(19)12-6-10(18(20)21)4-5-14(12)23-17(13)15/h4-9H,1-3H3,(H,20,21). The molecule has 0 saturated heterocycles. The number of hydrogen-bond donors (Lipinski definition) is 1. The number of carboxylic acids is 1. The van der Waals surface area contributed by atoms with Crippen LogP contribution in [0.1, 0.15) is 24.2 Å². The lowest BCUT2D eigenvalue weighted by molar-refractivity contribution is 0.0697. The lowest BCUT2D eigenvalue weighted by atomic mass is 10.1. The van der Waals surface area contributed by atoms with Gasteiger partial charge in [0.1, 0.15) is 5.58 Å². The van der Waals surface area contributed by atoms with E-state index >= 15 is 0 Å². The van der Waals surface area contributed by atoms with Crippen LogP contribution in [-0.2, 0) is 0 Å². The van der Waals surface area contributed by atoms with Crippen molar-refractivity contribution < 1.29 is 19.1 Å². The van der Waals surface area contributed by atoms with Crippen molar-refractivity contribution in [2.24, 2.45) is 0 Å². The van der Waals surface area contributed by atoms with Gasteiger partial charge in [-0.15, -0.1) is 11.8 Å². The Kier molecular flexibility index (Phi) is 4.24. The van der Waals surface area contributed by atoms with E-state index in [4.69, 9.17) is 14.3 Å². The predicted octanol–water partition coefficient (Wildman–Crippen LogP) is 4.15. The molecular weight excluding hydrogens is 328 g/mol. The summed E-state index contributed by atoms with van der Waals surface area (Å²) in [6.45, 7) is 3.80. The number of aromatic carboxylic acids is 1. The third-order valence-electron chi connectivity index (χ3n) is 3.55. The van der Waals surface area contributed by atoms with E-state index in [1.165, 1.54) is 30.0 Å². The summed E-state index contributed by atoms with van der Waals surface area (Å²) in [5, 5.41) is 9.75. The minimum atomic E-state index is -1.09. The number of carbonyl (C=O) groups is 1. The maximum Gasteiger partial charge on any atom is 0.335 e. The molecule has 5 nitrogen and oxygen atoms in total. The van der Waals surface area contributed by atoms with Crippen LogP contribution in [-0.4, -0.2) is 23.4 Å². The summed E-state index contributed by atoms with van der Waals surface area (Å²) < 4.78 is 11.7. The average Bonchev–Trinajstić information content (AvgIpc) is 2.54. The summed E-state index contributed by atoms with van der Waals surface area (Å²) >= 11 is 1.49. The topological polar surface area (TPSA) is 76.7 Å². The quantitative estimate of drug-likeness (QED) is 0.566. The third-order valence-corrected chi connectivity index (χ3v) is 4.26. The average molecular weight is 344 g/mol. The molecule has 0 amide bonds. The lowest BCUT2D eigenvalue weighted by Gasteiger charge is -2.13. The van der Waals surface area contributed by atoms with Crippen molar-refractivity contribution in [3.63, 3.8) is 0 Å². The highest BCUT2D eigenvalue weighted by atomic mass is 32.2. The minimum Gasteiger partial charge on any atom is -0.487 e. The fourth-order valence-electron chi connectivity index (χ4n) is 2.49. The predicted molar refractivity (Wildman–Crippen MR) is 94.5 cm³/mol. The van der Waals surface area contributed by atoms with Crippen LogP contribution in [0.4, 0.5) is 0 Å². The Balaban J connectivity index is 2.40. The summed E-state index contributed by atoms with van der Waals surface area (Å²) in [7, 11) is 0. The Morgan fingerprint density at radius 1 is 1.21 bits per heavy atom. The smallest absolute Gasteiger partial charge is 0.335 e. The fourth-order valence-corrected chi connectivity index (χ4v) is 2.96. The van der Waals surface area contributed by atoms with Crippen LogP contribution in [0.15, 0.2) is 44.4 Å². The highest BCUT2D eigenvalue weighted by molar-refractivity contribution is 7.98. The molecule has 24 heavy (non-hydrogen) atoms. The van der Waals surface area contributed by atoms with Crippen LogP contribution in [0.3, 0.4) is 0 Å². The van der Waals surface area contributed by atoms with E-state index < -0.39 is 5.97 Å². The number of thioether (sulfide) groups is 1. The first-order valence-corrected chi connectivity index (χ1v) is 8.61. The Morgan fingerprint density at radius 3 is 2.58 bits per heavy atom. The molecule has 0 bridgehead atoms. The first kappa shape index (κ1) is 16.4. The SMILES string of the molecule is CSc1cc(OC(C)C)c2oc3ccc(C(=O)O)cc3c(=O)c2c1. The van der Waals surface area contributed by atoms with E-state index in [1.54, 1.807) is 6.07 Å². The molecule has 3 rings (SSSR count). The lowest BCUT2D eigenvalue weighted by Crippen LogP contribution is -2.09. The van der Waals surface area contributed by atoms with Crippen LogP contribution in [0, 0.1) is 0 Å². The molecule has 0 spiro atoms. The number of carboxylic acid groups (broad SMARTS) is 1. The summed E-state index contributed by atoms with van der Waals surface area (Å²) in [6.07, 6.45) is 1.84. The first-order chi connectivity index (χ1) is 11.4. The highest BCUT2D eigenvalue weighted by Gasteiger charge is 2.16. The minimum absolute atomic E-state index is 0.0498. The molecular formula is C18H16O5S. The van der Waals surface area contributed by atoms with Crippen LogP contribution >= 0.6 is 11.8 Å². The maximum atomic E-state index is 12.9. The zero-order valence-electron chi connectivity index (χ0n) is 13.5. The zero-order chi connectivity index (χ0) is 17.4. The Morgan fingerprint density at radius 2 is 1.96 bits per heavy atom. The summed E-state index contributed by atoms with van der Waals surface area (Å²) in [5.74, 6) is -0.578. The molecule has 0 aliphatic rings. The Hall–Kier alpha value is -2.47. The van der Waals surface area contributed by atoms with Gasteiger partial charge < -0.3 is 14.3 Å². The molecule has 1 N–H and O–H groups in total. The van der Waals surface area contributed by atoms with Gasteiger partial charge in [0.15, 0.2) is 11.3 Å². The van der Waals surface area contributed by atoms with Crippen LogP contribution in [0.25, 0.3) is 21.9 Å². The number of hydrogen-bond acceptors (Lipinski definition) is 5. The third kappa shape index (κ3) is 2.85. The van der Waals surface area contributed by atoms with Gasteiger partial charge in [0.05, 0.1) is 22.4 Å². The molecule has 0 radical (unpaired) electrons. The largest absolute Gasteiger partial charge is 0.487 e. The van der Waals surface area contributed by atoms with Gasteiger partial charge >= 0.3 is 5.97 Å². The van der Waals surface area contributed by atoms with Gasteiger partial charge in [-0.25, -0.2) is 4.79 Å². The molecule has 2 aromatic carbocycles. The summed E-state index contributed by atoms with van der Waals surface area (Å²) in [6, 6.07) is 7.84. The van der Waals surface area contributed by atoms with Crippen LogP contribution in [0.5, 0.6) is 5.75 Å². The monoisotopic (exact) mass is 344 g/mol. The van der Waals surface area contributed by atoms with Gasteiger partial charge in [0, 0.05) is 4.90 Å². The molecule has 124 valence electrons. The van der Waals surface area contributed by atoms with Crippen molar-refractivity contribution in [3.05, 3.63) is 46.1 Å². The van der Waals surface area contributed by atoms with Crippen molar-refractivity contribution in [3.8, 4) is 5.75 Å². The molecule has 0 unspecified atom stereocenters. The van der Waals surface area contributed by atoms with Gasteiger partial charge in [-0.3, -0.25) is 4.79 Å². The first-order valence-electron chi connectivity index (χ1n) is 7.39. The fraction of sp³-hybridized carbons (Fsp3) is 0.222. The molecule has 1 heterocycles. The number of rotatable bonds is 4. The van der Waals surface area contributed by atoms with Gasteiger partial charge in [0.25, 0.3) is 0 Å². The van der Waals surface area contributed by atoms with Crippen molar-refractivity contribution in [2.75, 3.05) is 6.26 Å². The van der Waals surface area contributed by atoms with E-state index in [0.29, 0.717) is 22.3 Å². The van der Waals surface area contributed by atoms with Gasteiger partial charge in [0.2, 0.25) is 5.43 Å². The molecule has 0 aliphatic heterocycles. The Bertz CT molecular complexity index is 1000. The van der Waals surface area contributed by atoms with E-state index in [2.05, 4.69) is 0 Å². The maximum absolute atomic E-state index is 12.9. The highest BCUT2D eigenvalue weighted by Crippen LogP contribution is 2.32. The molecule has 0 atom stereocenters. The van der Waals surface area contributed by atoms with Crippen molar-refractivity contribution in [1.29, 1.82) is 0 Å². The second-order valence-corrected chi connectivity index (χ2v) is 6.50. The number of benzene rings is 2. The number of ether oxygens (including phenoxy) is 1. The van der Waals surface area contributed by atoms with Crippen molar-refractivity contribution >= 4 is 39.7 Å². The second kappa shape index (κ2) is 6.20. The van der Waals surface area contributed by atoms with E-state index in [9.17, 15) is 9.59 Å². The van der Waals surface area contributed by atoms with E-state index in [0.717, 1.165) is 4.90 Å². The van der Waals surface area contributed by atoms with Gasteiger partial charge in [-0.2, -0.15) is 0 Å². The Labute approximate surface area is 142 Å². The van der Waals surface area contributed by atoms with Gasteiger partial charge in [-0.1, -0.05) is 0 Å². The molecule has 0 saturated carbocycles. The molecule has 3 aromatic rings. The van der Waals surface area contributed by atoms with Crippen LogP contribution < -0.4 is 10.2 Å².